The average Bonchev–Trinajstić information content (AvgIpc) is 2.71. The van der Waals surface area contributed by atoms with Crippen molar-refractivity contribution in [2.75, 3.05) is 23.9 Å². The van der Waals surface area contributed by atoms with Crippen LogP contribution in [0.1, 0.15) is 18.9 Å². The molecule has 2 rings (SSSR count). The summed E-state index contributed by atoms with van der Waals surface area (Å²) >= 11 is 0. The highest BCUT2D eigenvalue weighted by Gasteiger charge is 2.28. The van der Waals surface area contributed by atoms with Crippen molar-refractivity contribution in [1.29, 1.82) is 0 Å². The molecule has 1 atom stereocenters. The lowest BCUT2D eigenvalue weighted by molar-refractivity contribution is -0.128. The Balaban J connectivity index is 2.10. The van der Waals surface area contributed by atoms with Gasteiger partial charge in [-0.1, -0.05) is 18.2 Å². The van der Waals surface area contributed by atoms with Crippen molar-refractivity contribution >= 4 is 21.4 Å². The Hall–Kier alpha value is -1.56. The summed E-state index contributed by atoms with van der Waals surface area (Å²) in [5.74, 6) is 0.438. The number of rotatable bonds is 4. The lowest BCUT2D eigenvalue weighted by Crippen LogP contribution is -2.25. The molecule has 6 heteroatoms. The lowest BCUT2D eigenvalue weighted by atomic mass is 10.1. The van der Waals surface area contributed by atoms with E-state index in [9.17, 15) is 13.2 Å². The Morgan fingerprint density at radius 3 is 2.70 bits per heavy atom. The number of sulfone groups is 1. The zero-order chi connectivity index (χ0) is 14.8. The zero-order valence-corrected chi connectivity index (χ0v) is 12.6. The summed E-state index contributed by atoms with van der Waals surface area (Å²) in [5, 5.41) is 3.29. The Morgan fingerprint density at radius 2 is 2.10 bits per heavy atom. The van der Waals surface area contributed by atoms with Gasteiger partial charge in [0.15, 0.2) is 9.84 Å². The van der Waals surface area contributed by atoms with E-state index in [1.165, 1.54) is 6.92 Å². The standard InChI is InChI=1S/C14H20N2O3S/c1-11(17)16(2)9-12-5-3-4-6-14(12)15-13-7-8-20(18,19)10-13/h3-6,13,15H,7-10H2,1-2H3. The van der Waals surface area contributed by atoms with Crippen LogP contribution in [0.15, 0.2) is 24.3 Å². The highest BCUT2D eigenvalue weighted by Crippen LogP contribution is 2.21. The molecule has 1 N–H and O–H groups in total. The fourth-order valence-electron chi connectivity index (χ4n) is 2.29. The summed E-state index contributed by atoms with van der Waals surface area (Å²) in [6, 6.07) is 7.66. The molecule has 110 valence electrons. The number of nitrogens with one attached hydrogen (secondary N) is 1. The lowest BCUT2D eigenvalue weighted by Gasteiger charge is -2.20. The first-order valence-electron chi connectivity index (χ1n) is 6.64. The summed E-state index contributed by atoms with van der Waals surface area (Å²) in [4.78, 5) is 12.9. The fraction of sp³-hybridized carbons (Fsp3) is 0.500. The summed E-state index contributed by atoms with van der Waals surface area (Å²) < 4.78 is 23.0. The molecule has 1 fully saturated rings. The topological polar surface area (TPSA) is 66.5 Å². The van der Waals surface area contributed by atoms with Gasteiger partial charge in [-0.2, -0.15) is 0 Å². The number of carbonyl (C=O) groups is 1. The van der Waals surface area contributed by atoms with Crippen molar-refractivity contribution in [3.8, 4) is 0 Å². The quantitative estimate of drug-likeness (QED) is 0.908. The molecule has 1 aromatic carbocycles. The third-order valence-corrected chi connectivity index (χ3v) is 5.32. The van der Waals surface area contributed by atoms with E-state index in [0.717, 1.165) is 11.3 Å². The van der Waals surface area contributed by atoms with Crippen LogP contribution in [-0.4, -0.2) is 43.8 Å². The normalized spacial score (nSPS) is 20.6. The van der Waals surface area contributed by atoms with Crippen molar-refractivity contribution in [1.82, 2.24) is 4.90 Å². The van der Waals surface area contributed by atoms with Crippen molar-refractivity contribution in [3.05, 3.63) is 29.8 Å². The zero-order valence-electron chi connectivity index (χ0n) is 11.8. The van der Waals surface area contributed by atoms with Crippen molar-refractivity contribution in [3.63, 3.8) is 0 Å². The second kappa shape index (κ2) is 5.83. The van der Waals surface area contributed by atoms with E-state index in [0.29, 0.717) is 13.0 Å². The van der Waals surface area contributed by atoms with Crippen LogP contribution in [0, 0.1) is 0 Å². The van der Waals surface area contributed by atoms with Gasteiger partial charge in [-0.15, -0.1) is 0 Å². The first-order valence-corrected chi connectivity index (χ1v) is 8.46. The largest absolute Gasteiger partial charge is 0.381 e. The molecule has 5 nitrogen and oxygen atoms in total. The molecule has 1 heterocycles. The van der Waals surface area contributed by atoms with Crippen LogP contribution in [0.5, 0.6) is 0 Å². The van der Waals surface area contributed by atoms with E-state index in [1.54, 1.807) is 11.9 Å². The van der Waals surface area contributed by atoms with Gasteiger partial charge < -0.3 is 10.2 Å². The number of benzene rings is 1. The van der Waals surface area contributed by atoms with Crippen LogP contribution in [0.2, 0.25) is 0 Å². The predicted octanol–water partition coefficient (Wildman–Crippen LogP) is 1.26. The van der Waals surface area contributed by atoms with Gasteiger partial charge in [-0.25, -0.2) is 8.42 Å². The minimum absolute atomic E-state index is 0.00301. The third kappa shape index (κ3) is 3.72. The third-order valence-electron chi connectivity index (χ3n) is 3.55. The van der Waals surface area contributed by atoms with E-state index < -0.39 is 9.84 Å². The van der Waals surface area contributed by atoms with Crippen LogP contribution in [0.4, 0.5) is 5.69 Å². The van der Waals surface area contributed by atoms with Crippen LogP contribution >= 0.6 is 0 Å². The maximum atomic E-state index is 11.5. The van der Waals surface area contributed by atoms with Crippen molar-refractivity contribution in [2.24, 2.45) is 0 Å². The van der Waals surface area contributed by atoms with Gasteiger partial charge in [0.1, 0.15) is 0 Å². The van der Waals surface area contributed by atoms with Crippen molar-refractivity contribution in [2.45, 2.75) is 25.9 Å². The number of carbonyl (C=O) groups excluding carboxylic acids is 1. The van der Waals surface area contributed by atoms with Crippen LogP contribution in [0.25, 0.3) is 0 Å². The molecule has 1 saturated heterocycles. The Labute approximate surface area is 119 Å². The molecule has 0 aromatic heterocycles. The molecule has 0 radical (unpaired) electrons. The molecule has 1 aromatic rings. The minimum atomic E-state index is -2.89. The minimum Gasteiger partial charge on any atom is -0.381 e. The number of amides is 1. The highest BCUT2D eigenvalue weighted by molar-refractivity contribution is 7.91. The second-order valence-electron chi connectivity index (χ2n) is 5.28. The number of anilines is 1. The van der Waals surface area contributed by atoms with E-state index >= 15 is 0 Å². The van der Waals surface area contributed by atoms with Gasteiger partial charge in [0.2, 0.25) is 5.91 Å². The summed E-state index contributed by atoms with van der Waals surface area (Å²) in [5.41, 5.74) is 1.90. The SMILES string of the molecule is CC(=O)N(C)Cc1ccccc1NC1CCS(=O)(=O)C1. The van der Waals surface area contributed by atoms with Gasteiger partial charge in [0.05, 0.1) is 11.5 Å². The van der Waals surface area contributed by atoms with Gasteiger partial charge >= 0.3 is 0 Å². The first kappa shape index (κ1) is 14.8. The Bertz CT molecular complexity index is 598. The maximum Gasteiger partial charge on any atom is 0.219 e. The molecule has 1 amide bonds. The highest BCUT2D eigenvalue weighted by atomic mass is 32.2. The van der Waals surface area contributed by atoms with E-state index in [2.05, 4.69) is 5.32 Å². The van der Waals surface area contributed by atoms with Gasteiger partial charge in [0, 0.05) is 32.2 Å². The molecule has 0 spiro atoms. The molecule has 1 aliphatic heterocycles. The average molecular weight is 296 g/mol. The fourth-order valence-corrected chi connectivity index (χ4v) is 3.97. The van der Waals surface area contributed by atoms with E-state index in [-0.39, 0.29) is 23.5 Å². The molecule has 1 unspecified atom stereocenters. The van der Waals surface area contributed by atoms with Crippen molar-refractivity contribution < 1.29 is 13.2 Å². The predicted molar refractivity (Wildman–Crippen MR) is 79.3 cm³/mol. The van der Waals surface area contributed by atoms with Gasteiger partial charge in [0.25, 0.3) is 0 Å². The van der Waals surface area contributed by atoms with Gasteiger partial charge in [-0.3, -0.25) is 4.79 Å². The molecule has 0 aliphatic carbocycles. The number of para-hydroxylation sites is 1. The number of hydrogen-bond donors (Lipinski definition) is 1. The van der Waals surface area contributed by atoms with Crippen LogP contribution in [-0.2, 0) is 21.2 Å². The maximum absolute atomic E-state index is 11.5. The number of hydrogen-bond acceptors (Lipinski definition) is 4. The summed E-state index contributed by atoms with van der Waals surface area (Å²) in [6.07, 6.45) is 0.638. The first-order chi connectivity index (χ1) is 9.37. The molecule has 20 heavy (non-hydrogen) atoms. The Morgan fingerprint density at radius 1 is 1.40 bits per heavy atom. The van der Waals surface area contributed by atoms with Crippen LogP contribution in [0.3, 0.4) is 0 Å². The van der Waals surface area contributed by atoms with Gasteiger partial charge in [-0.05, 0) is 18.1 Å². The summed E-state index contributed by atoms with van der Waals surface area (Å²) in [7, 11) is -1.14. The number of nitrogens with zero attached hydrogens (tertiary/aromatic N) is 1. The molecule has 0 bridgehead atoms. The van der Waals surface area contributed by atoms with E-state index in [1.807, 2.05) is 24.3 Å². The van der Waals surface area contributed by atoms with Crippen LogP contribution < -0.4 is 5.32 Å². The molecular weight excluding hydrogens is 276 g/mol. The molecular formula is C14H20N2O3S. The summed E-state index contributed by atoms with van der Waals surface area (Å²) in [6.45, 7) is 2.04. The molecule has 1 aliphatic rings. The molecule has 0 saturated carbocycles. The smallest absolute Gasteiger partial charge is 0.219 e. The Kier molecular flexibility index (Phi) is 4.32. The van der Waals surface area contributed by atoms with E-state index in [4.69, 9.17) is 0 Å². The monoisotopic (exact) mass is 296 g/mol. The second-order valence-corrected chi connectivity index (χ2v) is 7.51.